The summed E-state index contributed by atoms with van der Waals surface area (Å²) < 4.78 is 28.3. The first kappa shape index (κ1) is 15.3. The average molecular weight is 292 g/mol. The molecular formula is C10H20N4O2S2. The van der Waals surface area contributed by atoms with Crippen molar-refractivity contribution in [3.63, 3.8) is 0 Å². The number of anilines is 1. The van der Waals surface area contributed by atoms with Crippen LogP contribution in [0.15, 0.2) is 11.1 Å². The number of nitrogen functional groups attached to an aromatic ring is 1. The summed E-state index contributed by atoms with van der Waals surface area (Å²) in [5.41, 5.74) is 5.62. The molecule has 104 valence electrons. The van der Waals surface area contributed by atoms with Crippen molar-refractivity contribution >= 4 is 27.6 Å². The van der Waals surface area contributed by atoms with Gasteiger partial charge in [-0.2, -0.15) is 16.9 Å². The van der Waals surface area contributed by atoms with E-state index >= 15 is 0 Å². The maximum Gasteiger partial charge on any atom is 0.246 e. The van der Waals surface area contributed by atoms with Gasteiger partial charge in [-0.3, -0.25) is 4.68 Å². The molecule has 0 saturated heterocycles. The van der Waals surface area contributed by atoms with E-state index in [2.05, 4.69) is 9.82 Å². The summed E-state index contributed by atoms with van der Waals surface area (Å²) in [5, 5.41) is 3.94. The maximum absolute atomic E-state index is 12.1. The van der Waals surface area contributed by atoms with E-state index in [0.29, 0.717) is 6.54 Å². The van der Waals surface area contributed by atoms with Gasteiger partial charge in [-0.25, -0.2) is 13.1 Å². The SMILES string of the molecule is CCn1cc(S(=O)(=O)NC(C)CCSC)c(N)n1. The molecule has 1 unspecified atom stereocenters. The third kappa shape index (κ3) is 3.89. The van der Waals surface area contributed by atoms with Gasteiger partial charge in [0, 0.05) is 18.8 Å². The number of hydrogen-bond donors (Lipinski definition) is 2. The Balaban J connectivity index is 2.82. The minimum absolute atomic E-state index is 0.0430. The van der Waals surface area contributed by atoms with Crippen LogP contribution >= 0.6 is 11.8 Å². The van der Waals surface area contributed by atoms with Crippen LogP contribution in [0, 0.1) is 0 Å². The Morgan fingerprint density at radius 1 is 1.61 bits per heavy atom. The number of sulfonamides is 1. The molecule has 8 heteroatoms. The topological polar surface area (TPSA) is 90.0 Å². The number of nitrogens with one attached hydrogen (secondary N) is 1. The molecule has 0 bridgehead atoms. The van der Waals surface area contributed by atoms with Crippen LogP contribution in [0.4, 0.5) is 5.82 Å². The van der Waals surface area contributed by atoms with E-state index in [1.807, 2.05) is 20.1 Å². The Hall–Kier alpha value is -0.730. The lowest BCUT2D eigenvalue weighted by Gasteiger charge is -2.12. The first-order chi connectivity index (χ1) is 8.40. The Kier molecular flexibility index (Phi) is 5.48. The first-order valence-corrected chi connectivity index (χ1v) is 8.62. The Labute approximate surface area is 112 Å². The zero-order chi connectivity index (χ0) is 13.8. The minimum atomic E-state index is -3.58. The summed E-state index contributed by atoms with van der Waals surface area (Å²) in [4.78, 5) is 0.0559. The molecule has 18 heavy (non-hydrogen) atoms. The van der Waals surface area contributed by atoms with Crippen LogP contribution in [0.1, 0.15) is 20.3 Å². The van der Waals surface area contributed by atoms with Gasteiger partial charge in [-0.15, -0.1) is 0 Å². The molecule has 0 spiro atoms. The van der Waals surface area contributed by atoms with E-state index in [0.717, 1.165) is 12.2 Å². The van der Waals surface area contributed by atoms with Crippen molar-refractivity contribution < 1.29 is 8.42 Å². The summed E-state index contributed by atoms with van der Waals surface area (Å²) in [6.07, 6.45) is 4.23. The van der Waals surface area contributed by atoms with E-state index in [9.17, 15) is 8.42 Å². The molecule has 0 aliphatic rings. The normalized spacial score (nSPS) is 13.7. The lowest BCUT2D eigenvalue weighted by atomic mass is 10.3. The van der Waals surface area contributed by atoms with Gasteiger partial charge < -0.3 is 5.73 Å². The van der Waals surface area contributed by atoms with Crippen LogP contribution in [0.25, 0.3) is 0 Å². The van der Waals surface area contributed by atoms with Crippen LogP contribution < -0.4 is 10.5 Å². The van der Waals surface area contributed by atoms with Crippen LogP contribution in [0.3, 0.4) is 0 Å². The molecule has 1 atom stereocenters. The molecule has 0 aliphatic heterocycles. The number of aryl methyl sites for hydroxylation is 1. The standard InChI is InChI=1S/C10H20N4O2S2/c1-4-14-7-9(10(11)12-14)18(15,16)13-8(2)5-6-17-3/h7-8,13H,4-6H2,1-3H3,(H2,11,12). The van der Waals surface area contributed by atoms with E-state index in [1.165, 1.54) is 10.9 Å². The fourth-order valence-electron chi connectivity index (χ4n) is 1.47. The summed E-state index contributed by atoms with van der Waals surface area (Å²) in [7, 11) is -3.58. The summed E-state index contributed by atoms with van der Waals surface area (Å²) in [6.45, 7) is 4.30. The van der Waals surface area contributed by atoms with E-state index in [1.54, 1.807) is 11.8 Å². The van der Waals surface area contributed by atoms with Crippen LogP contribution in [0.5, 0.6) is 0 Å². The van der Waals surface area contributed by atoms with Crippen molar-refractivity contribution in [2.45, 2.75) is 37.8 Å². The second kappa shape index (κ2) is 6.44. The van der Waals surface area contributed by atoms with E-state index < -0.39 is 10.0 Å². The smallest absolute Gasteiger partial charge is 0.246 e. The Morgan fingerprint density at radius 3 is 2.78 bits per heavy atom. The van der Waals surface area contributed by atoms with Crippen LogP contribution in [-0.4, -0.2) is 36.2 Å². The Bertz CT molecular complexity index is 484. The van der Waals surface area contributed by atoms with Gasteiger partial charge in [0.25, 0.3) is 0 Å². The van der Waals surface area contributed by atoms with Crippen molar-refractivity contribution in [3.05, 3.63) is 6.20 Å². The number of rotatable bonds is 7. The van der Waals surface area contributed by atoms with E-state index in [4.69, 9.17) is 5.73 Å². The first-order valence-electron chi connectivity index (χ1n) is 5.75. The second-order valence-corrected chi connectivity index (χ2v) is 6.71. The molecule has 0 saturated carbocycles. The third-order valence-corrected chi connectivity index (χ3v) is 4.73. The maximum atomic E-state index is 12.1. The molecule has 0 aromatic carbocycles. The highest BCUT2D eigenvalue weighted by atomic mass is 32.2. The number of hydrogen-bond acceptors (Lipinski definition) is 5. The zero-order valence-electron chi connectivity index (χ0n) is 10.9. The quantitative estimate of drug-likeness (QED) is 0.779. The van der Waals surface area contributed by atoms with Crippen molar-refractivity contribution in [1.29, 1.82) is 0 Å². The predicted octanol–water partition coefficient (Wildman–Crippen LogP) is 0.905. The number of aromatic nitrogens is 2. The lowest BCUT2D eigenvalue weighted by Crippen LogP contribution is -2.33. The number of thioether (sulfide) groups is 1. The number of nitrogens with zero attached hydrogens (tertiary/aromatic N) is 2. The molecule has 0 aliphatic carbocycles. The van der Waals surface area contributed by atoms with Gasteiger partial charge >= 0.3 is 0 Å². The molecule has 1 aromatic heterocycles. The van der Waals surface area contributed by atoms with Crippen molar-refractivity contribution in [2.24, 2.45) is 0 Å². The summed E-state index contributed by atoms with van der Waals surface area (Å²) in [6, 6.07) is -0.119. The third-order valence-electron chi connectivity index (χ3n) is 2.48. The van der Waals surface area contributed by atoms with Gasteiger partial charge in [0.15, 0.2) is 5.82 Å². The summed E-state index contributed by atoms with van der Waals surface area (Å²) >= 11 is 1.69. The molecule has 6 nitrogen and oxygen atoms in total. The second-order valence-electron chi connectivity index (χ2n) is 4.04. The highest BCUT2D eigenvalue weighted by molar-refractivity contribution is 7.98. The minimum Gasteiger partial charge on any atom is -0.381 e. The molecular weight excluding hydrogens is 272 g/mol. The molecule has 1 heterocycles. The molecule has 3 N–H and O–H groups in total. The molecule has 1 rings (SSSR count). The molecule has 0 amide bonds. The molecule has 0 fully saturated rings. The van der Waals surface area contributed by atoms with Crippen molar-refractivity contribution in [1.82, 2.24) is 14.5 Å². The zero-order valence-corrected chi connectivity index (χ0v) is 12.5. The van der Waals surface area contributed by atoms with Gasteiger partial charge in [0.1, 0.15) is 4.90 Å². The van der Waals surface area contributed by atoms with Crippen molar-refractivity contribution in [2.75, 3.05) is 17.7 Å². The summed E-state index contributed by atoms with van der Waals surface area (Å²) in [5.74, 6) is 0.953. The largest absolute Gasteiger partial charge is 0.381 e. The van der Waals surface area contributed by atoms with E-state index in [-0.39, 0.29) is 16.8 Å². The lowest BCUT2D eigenvalue weighted by molar-refractivity contribution is 0.557. The molecule has 0 radical (unpaired) electrons. The highest BCUT2D eigenvalue weighted by Crippen LogP contribution is 2.16. The van der Waals surface area contributed by atoms with Gasteiger partial charge in [-0.05, 0) is 32.3 Å². The van der Waals surface area contributed by atoms with Crippen molar-refractivity contribution in [3.8, 4) is 0 Å². The number of nitrogens with two attached hydrogens (primary N) is 1. The van der Waals surface area contributed by atoms with Crippen LogP contribution in [0.2, 0.25) is 0 Å². The fourth-order valence-corrected chi connectivity index (χ4v) is 3.41. The predicted molar refractivity (Wildman–Crippen MR) is 75.1 cm³/mol. The monoisotopic (exact) mass is 292 g/mol. The van der Waals surface area contributed by atoms with Crippen LogP contribution in [-0.2, 0) is 16.6 Å². The average Bonchev–Trinajstić information content (AvgIpc) is 2.68. The molecule has 1 aromatic rings. The Morgan fingerprint density at radius 2 is 2.28 bits per heavy atom. The van der Waals surface area contributed by atoms with Gasteiger partial charge in [0.2, 0.25) is 10.0 Å². The van der Waals surface area contributed by atoms with Gasteiger partial charge in [0.05, 0.1) is 0 Å². The highest BCUT2D eigenvalue weighted by Gasteiger charge is 2.22. The fraction of sp³-hybridized carbons (Fsp3) is 0.700. The van der Waals surface area contributed by atoms with Gasteiger partial charge in [-0.1, -0.05) is 0 Å².